The molecule has 1 aromatic rings. The molecule has 0 saturated heterocycles. The molecule has 0 aliphatic carbocycles. The maximum absolute atomic E-state index is 5.14. The van der Waals surface area contributed by atoms with Gasteiger partial charge in [-0.1, -0.05) is 46.2 Å². The Morgan fingerprint density at radius 1 is 1.50 bits per heavy atom. The van der Waals surface area contributed by atoms with Gasteiger partial charge < -0.3 is 4.84 Å². The lowest BCUT2D eigenvalue weighted by Gasteiger charge is -2.04. The molecule has 0 saturated carbocycles. The number of hydrogen-bond donors (Lipinski definition) is 0. The number of halogens is 1. The minimum atomic E-state index is 0.144. The van der Waals surface area contributed by atoms with Crippen LogP contribution in [-0.2, 0) is 4.84 Å². The van der Waals surface area contributed by atoms with Gasteiger partial charge in [0.2, 0.25) is 0 Å². The van der Waals surface area contributed by atoms with Crippen LogP contribution in [0.5, 0.6) is 0 Å². The predicted molar refractivity (Wildman–Crippen MR) is 61.5 cm³/mol. The van der Waals surface area contributed by atoms with Crippen LogP contribution in [-0.4, -0.2) is 12.3 Å². The zero-order valence-electron chi connectivity index (χ0n) is 8.33. The highest BCUT2D eigenvalue weighted by Gasteiger charge is 1.97. The molecular weight excluding hydrogens is 242 g/mol. The number of hydrogen-bond acceptors (Lipinski definition) is 2. The Hall–Kier alpha value is -0.830. The summed E-state index contributed by atoms with van der Waals surface area (Å²) in [6.07, 6.45) is 3.92. The standard InChI is InChI=1S/C11H13BrNO/c1-3-9(2)14-13-8-10-6-4-5-7-11(10)12/h4-7,9H,3H2,1-2H3. The lowest BCUT2D eigenvalue weighted by Crippen LogP contribution is -2.01. The van der Waals surface area contributed by atoms with Crippen molar-refractivity contribution < 1.29 is 4.84 Å². The van der Waals surface area contributed by atoms with Crippen molar-refractivity contribution >= 4 is 22.1 Å². The third-order valence-corrected chi connectivity index (χ3v) is 2.54. The molecule has 0 aromatic heterocycles. The highest BCUT2D eigenvalue weighted by molar-refractivity contribution is 9.10. The van der Waals surface area contributed by atoms with Crippen molar-refractivity contribution in [3.8, 4) is 0 Å². The van der Waals surface area contributed by atoms with Crippen molar-refractivity contribution in [2.24, 2.45) is 5.16 Å². The van der Waals surface area contributed by atoms with E-state index in [1.54, 1.807) is 0 Å². The lowest BCUT2D eigenvalue weighted by atomic mass is 10.2. The van der Waals surface area contributed by atoms with Gasteiger partial charge >= 0.3 is 0 Å². The van der Waals surface area contributed by atoms with Crippen LogP contribution in [0.2, 0.25) is 0 Å². The van der Waals surface area contributed by atoms with E-state index in [4.69, 9.17) is 4.84 Å². The highest BCUT2D eigenvalue weighted by Crippen LogP contribution is 2.13. The minimum absolute atomic E-state index is 0.144. The second-order valence-corrected chi connectivity index (χ2v) is 3.86. The summed E-state index contributed by atoms with van der Waals surface area (Å²) in [5, 5.41) is 3.79. The topological polar surface area (TPSA) is 21.6 Å². The first-order chi connectivity index (χ1) is 6.74. The van der Waals surface area contributed by atoms with E-state index in [0.717, 1.165) is 16.5 Å². The van der Waals surface area contributed by atoms with Gasteiger partial charge in [-0.15, -0.1) is 0 Å². The van der Waals surface area contributed by atoms with Crippen LogP contribution in [0.1, 0.15) is 25.8 Å². The molecule has 0 bridgehead atoms. The van der Waals surface area contributed by atoms with Gasteiger partial charge in [0.25, 0.3) is 0 Å². The van der Waals surface area contributed by atoms with E-state index in [9.17, 15) is 0 Å². The zero-order valence-corrected chi connectivity index (χ0v) is 9.91. The molecule has 0 spiro atoms. The van der Waals surface area contributed by atoms with E-state index in [1.165, 1.54) is 0 Å². The van der Waals surface area contributed by atoms with E-state index < -0.39 is 0 Å². The summed E-state index contributed by atoms with van der Waals surface area (Å²) < 4.78 is 0.969. The zero-order chi connectivity index (χ0) is 10.4. The van der Waals surface area contributed by atoms with Gasteiger partial charge in [-0.3, -0.25) is 0 Å². The first kappa shape index (κ1) is 11.2. The van der Waals surface area contributed by atoms with Crippen LogP contribution >= 0.6 is 15.9 Å². The van der Waals surface area contributed by atoms with Crippen molar-refractivity contribution in [1.82, 2.24) is 0 Å². The van der Waals surface area contributed by atoms with Crippen LogP contribution in [0.3, 0.4) is 0 Å². The summed E-state index contributed by atoms with van der Waals surface area (Å²) in [7, 11) is 0. The maximum Gasteiger partial charge on any atom is 0.140 e. The van der Waals surface area contributed by atoms with Gasteiger partial charge in [-0.2, -0.15) is 0 Å². The molecule has 0 aliphatic rings. The minimum Gasteiger partial charge on any atom is -0.392 e. The van der Waals surface area contributed by atoms with Gasteiger partial charge in [-0.25, -0.2) is 0 Å². The molecule has 75 valence electrons. The molecule has 0 heterocycles. The number of rotatable bonds is 4. The fourth-order valence-corrected chi connectivity index (χ4v) is 1.17. The van der Waals surface area contributed by atoms with Gasteiger partial charge in [0, 0.05) is 10.0 Å². The molecule has 1 radical (unpaired) electrons. The van der Waals surface area contributed by atoms with Crippen LogP contribution in [0.15, 0.2) is 33.9 Å². The lowest BCUT2D eigenvalue weighted by molar-refractivity contribution is 0.0712. The maximum atomic E-state index is 5.14. The second kappa shape index (κ2) is 5.81. The van der Waals surface area contributed by atoms with Gasteiger partial charge in [0.05, 0.1) is 0 Å². The van der Waals surface area contributed by atoms with Crippen molar-refractivity contribution in [3.05, 3.63) is 34.3 Å². The highest BCUT2D eigenvalue weighted by atomic mass is 79.9. The molecule has 1 aromatic carbocycles. The molecule has 0 amide bonds. The Kier molecular flexibility index (Phi) is 4.66. The summed E-state index contributed by atoms with van der Waals surface area (Å²) in [5.74, 6) is 0. The van der Waals surface area contributed by atoms with E-state index >= 15 is 0 Å². The predicted octanol–water partition coefficient (Wildman–Crippen LogP) is 3.48. The summed E-state index contributed by atoms with van der Waals surface area (Å²) in [4.78, 5) is 5.14. The molecule has 0 N–H and O–H groups in total. The number of nitrogens with zero attached hydrogens (tertiary/aromatic N) is 1. The summed E-state index contributed by atoms with van der Waals surface area (Å²) in [5.41, 5.74) is 0.899. The van der Waals surface area contributed by atoms with Crippen LogP contribution < -0.4 is 0 Å². The summed E-state index contributed by atoms with van der Waals surface area (Å²) >= 11 is 3.40. The Labute approximate surface area is 93.1 Å². The van der Waals surface area contributed by atoms with Crippen molar-refractivity contribution in [3.63, 3.8) is 0 Å². The second-order valence-electron chi connectivity index (χ2n) is 3.01. The summed E-state index contributed by atoms with van der Waals surface area (Å²) in [6, 6.07) is 7.76. The number of benzene rings is 1. The first-order valence-electron chi connectivity index (χ1n) is 4.60. The smallest absolute Gasteiger partial charge is 0.140 e. The van der Waals surface area contributed by atoms with Gasteiger partial charge in [0.1, 0.15) is 12.3 Å². The Morgan fingerprint density at radius 3 is 2.86 bits per heavy atom. The summed E-state index contributed by atoms with van der Waals surface area (Å²) in [6.45, 7) is 4.03. The molecule has 0 fully saturated rings. The van der Waals surface area contributed by atoms with Crippen LogP contribution in [0.25, 0.3) is 0 Å². The first-order valence-corrected chi connectivity index (χ1v) is 5.39. The van der Waals surface area contributed by atoms with Gasteiger partial charge in [-0.05, 0) is 19.4 Å². The van der Waals surface area contributed by atoms with E-state index in [1.807, 2.05) is 31.2 Å². The van der Waals surface area contributed by atoms with Crippen molar-refractivity contribution in [1.29, 1.82) is 0 Å². The fraction of sp³-hybridized carbons (Fsp3) is 0.364. The molecular formula is C11H13BrNO. The van der Waals surface area contributed by atoms with E-state index in [2.05, 4.69) is 34.2 Å². The average Bonchev–Trinajstić information content (AvgIpc) is 2.20. The van der Waals surface area contributed by atoms with E-state index in [-0.39, 0.29) is 6.10 Å². The largest absolute Gasteiger partial charge is 0.392 e. The Morgan fingerprint density at radius 2 is 2.21 bits per heavy atom. The molecule has 0 aliphatic heterocycles. The van der Waals surface area contributed by atoms with E-state index in [0.29, 0.717) is 0 Å². The molecule has 2 nitrogen and oxygen atoms in total. The van der Waals surface area contributed by atoms with Crippen molar-refractivity contribution in [2.75, 3.05) is 0 Å². The molecule has 1 unspecified atom stereocenters. The molecule has 14 heavy (non-hydrogen) atoms. The fourth-order valence-electron chi connectivity index (χ4n) is 0.792. The molecule has 1 rings (SSSR count). The molecule has 3 heteroatoms. The monoisotopic (exact) mass is 254 g/mol. The SMILES string of the molecule is CCC(C)O/N=[C]/c1ccccc1Br. The third kappa shape index (κ3) is 3.50. The molecule has 1 atom stereocenters. The quantitative estimate of drug-likeness (QED) is 0.596. The normalized spacial score (nSPS) is 13.1. The van der Waals surface area contributed by atoms with Crippen LogP contribution in [0.4, 0.5) is 0 Å². The Bertz CT molecular complexity index is 312. The third-order valence-electron chi connectivity index (χ3n) is 1.85. The van der Waals surface area contributed by atoms with Gasteiger partial charge in [0.15, 0.2) is 0 Å². The van der Waals surface area contributed by atoms with Crippen molar-refractivity contribution in [2.45, 2.75) is 26.4 Å². The van der Waals surface area contributed by atoms with Crippen LogP contribution in [0, 0.1) is 0 Å². The Balaban J connectivity index is 2.56. The average molecular weight is 255 g/mol.